The predicted octanol–water partition coefficient (Wildman–Crippen LogP) is 4.23. The molecular weight excluding hydrogens is 272 g/mol. The molecule has 5 atom stereocenters. The van der Waals surface area contributed by atoms with Crippen LogP contribution in [-0.2, 0) is 0 Å². The van der Waals surface area contributed by atoms with E-state index in [1.165, 1.54) is 12.0 Å². The molecular formula is C20H32O2. The van der Waals surface area contributed by atoms with Crippen LogP contribution in [0.15, 0.2) is 23.8 Å². The van der Waals surface area contributed by atoms with E-state index in [0.717, 1.165) is 32.1 Å². The minimum atomic E-state index is -0.325. The molecule has 0 aromatic heterocycles. The van der Waals surface area contributed by atoms with Crippen LogP contribution in [0.1, 0.15) is 66.2 Å². The Morgan fingerprint density at radius 1 is 1.09 bits per heavy atom. The van der Waals surface area contributed by atoms with Crippen molar-refractivity contribution < 1.29 is 10.2 Å². The SMILES string of the molecule is C=CC1(C)CC2=C(CC1O)C1(C)CCC(O)C(C)(C)C1CC2. The van der Waals surface area contributed by atoms with E-state index >= 15 is 0 Å². The maximum atomic E-state index is 10.7. The zero-order chi connectivity index (χ0) is 16.3. The minimum Gasteiger partial charge on any atom is -0.393 e. The van der Waals surface area contributed by atoms with E-state index in [4.69, 9.17) is 0 Å². The van der Waals surface area contributed by atoms with E-state index in [-0.39, 0.29) is 28.5 Å². The number of allylic oxidation sites excluding steroid dienone is 1. The first-order valence-corrected chi connectivity index (χ1v) is 8.86. The van der Waals surface area contributed by atoms with Gasteiger partial charge in [0.2, 0.25) is 0 Å². The Kier molecular flexibility index (Phi) is 3.66. The molecule has 124 valence electrons. The second-order valence-corrected chi connectivity index (χ2v) is 9.07. The fourth-order valence-corrected chi connectivity index (χ4v) is 5.75. The highest BCUT2D eigenvalue weighted by Crippen LogP contribution is 2.62. The molecule has 1 saturated carbocycles. The molecule has 0 amide bonds. The molecule has 0 bridgehead atoms. The number of fused-ring (bicyclic) bond motifs is 2. The van der Waals surface area contributed by atoms with Gasteiger partial charge in [-0.25, -0.2) is 0 Å². The Bertz CT molecular complexity index is 518. The van der Waals surface area contributed by atoms with Crippen molar-refractivity contribution in [1.82, 2.24) is 0 Å². The zero-order valence-electron chi connectivity index (χ0n) is 14.7. The summed E-state index contributed by atoms with van der Waals surface area (Å²) in [6.45, 7) is 13.0. The zero-order valence-corrected chi connectivity index (χ0v) is 14.7. The van der Waals surface area contributed by atoms with Crippen molar-refractivity contribution in [1.29, 1.82) is 0 Å². The van der Waals surface area contributed by atoms with E-state index in [0.29, 0.717) is 5.92 Å². The first kappa shape index (κ1) is 16.3. The summed E-state index contributed by atoms with van der Waals surface area (Å²) in [6.07, 6.45) is 7.41. The quantitative estimate of drug-likeness (QED) is 0.712. The molecule has 0 aromatic carbocycles. The van der Waals surface area contributed by atoms with E-state index < -0.39 is 0 Å². The molecule has 1 fully saturated rings. The van der Waals surface area contributed by atoms with Crippen LogP contribution in [0.2, 0.25) is 0 Å². The van der Waals surface area contributed by atoms with E-state index in [1.807, 2.05) is 6.08 Å². The topological polar surface area (TPSA) is 40.5 Å². The molecule has 0 aliphatic heterocycles. The lowest BCUT2D eigenvalue weighted by atomic mass is 9.47. The first-order valence-electron chi connectivity index (χ1n) is 8.86. The van der Waals surface area contributed by atoms with Gasteiger partial charge in [0.1, 0.15) is 0 Å². The summed E-state index contributed by atoms with van der Waals surface area (Å²) in [5, 5.41) is 21.2. The Labute approximate surface area is 135 Å². The second kappa shape index (κ2) is 4.95. The van der Waals surface area contributed by atoms with Gasteiger partial charge in [0.25, 0.3) is 0 Å². The third-order valence-electron chi connectivity index (χ3n) is 7.53. The van der Waals surface area contributed by atoms with Crippen molar-refractivity contribution in [3.8, 4) is 0 Å². The third-order valence-corrected chi connectivity index (χ3v) is 7.53. The lowest BCUT2D eigenvalue weighted by molar-refractivity contribution is -0.0945. The molecule has 2 nitrogen and oxygen atoms in total. The summed E-state index contributed by atoms with van der Waals surface area (Å²) in [6, 6.07) is 0. The lowest BCUT2D eigenvalue weighted by Crippen LogP contribution is -2.53. The average molecular weight is 304 g/mol. The largest absolute Gasteiger partial charge is 0.393 e. The second-order valence-electron chi connectivity index (χ2n) is 9.07. The Morgan fingerprint density at radius 3 is 2.41 bits per heavy atom. The van der Waals surface area contributed by atoms with E-state index in [1.54, 1.807) is 5.57 Å². The average Bonchev–Trinajstić information content (AvgIpc) is 2.46. The highest BCUT2D eigenvalue weighted by Gasteiger charge is 2.55. The maximum absolute atomic E-state index is 10.7. The summed E-state index contributed by atoms with van der Waals surface area (Å²) in [4.78, 5) is 0. The Balaban J connectivity index is 2.02. The number of hydrogen-bond donors (Lipinski definition) is 2. The molecule has 0 heterocycles. The molecule has 0 saturated heterocycles. The van der Waals surface area contributed by atoms with Crippen molar-refractivity contribution in [3.05, 3.63) is 23.8 Å². The standard InChI is InChI=1S/C20H32O2/c1-6-19(4)12-13-7-8-15-18(2,3)16(21)9-10-20(15,5)14(13)11-17(19)22/h6,15-17,21-22H,1,7-12H2,2-5H3. The Morgan fingerprint density at radius 2 is 1.77 bits per heavy atom. The van der Waals surface area contributed by atoms with Crippen LogP contribution in [-0.4, -0.2) is 22.4 Å². The van der Waals surface area contributed by atoms with E-state index in [2.05, 4.69) is 34.3 Å². The van der Waals surface area contributed by atoms with Crippen LogP contribution in [0.4, 0.5) is 0 Å². The normalized spacial score (nSPS) is 47.6. The summed E-state index contributed by atoms with van der Waals surface area (Å²) >= 11 is 0. The number of hydrogen-bond acceptors (Lipinski definition) is 2. The molecule has 0 spiro atoms. The van der Waals surface area contributed by atoms with Crippen LogP contribution in [0.5, 0.6) is 0 Å². The van der Waals surface area contributed by atoms with Crippen molar-refractivity contribution >= 4 is 0 Å². The highest BCUT2D eigenvalue weighted by atomic mass is 16.3. The molecule has 5 unspecified atom stereocenters. The van der Waals surface area contributed by atoms with Gasteiger partial charge in [-0.05, 0) is 55.3 Å². The van der Waals surface area contributed by atoms with Gasteiger partial charge in [0.15, 0.2) is 0 Å². The van der Waals surface area contributed by atoms with Gasteiger partial charge in [-0.15, -0.1) is 6.58 Å². The van der Waals surface area contributed by atoms with Gasteiger partial charge in [-0.2, -0.15) is 0 Å². The smallest absolute Gasteiger partial charge is 0.0668 e. The van der Waals surface area contributed by atoms with Gasteiger partial charge >= 0.3 is 0 Å². The molecule has 2 N–H and O–H groups in total. The number of aliphatic hydroxyl groups is 2. The summed E-state index contributed by atoms with van der Waals surface area (Å²) in [7, 11) is 0. The molecule has 3 aliphatic carbocycles. The lowest BCUT2D eigenvalue weighted by Gasteiger charge is -2.59. The molecule has 0 aromatic rings. The van der Waals surface area contributed by atoms with Crippen LogP contribution in [0.25, 0.3) is 0 Å². The highest BCUT2D eigenvalue weighted by molar-refractivity contribution is 5.34. The molecule has 22 heavy (non-hydrogen) atoms. The van der Waals surface area contributed by atoms with Gasteiger partial charge in [0.05, 0.1) is 12.2 Å². The summed E-state index contributed by atoms with van der Waals surface area (Å²) < 4.78 is 0. The molecule has 0 radical (unpaired) electrons. The minimum absolute atomic E-state index is 0.0321. The summed E-state index contributed by atoms with van der Waals surface area (Å²) in [5.41, 5.74) is 3.02. The van der Waals surface area contributed by atoms with Crippen molar-refractivity contribution in [3.63, 3.8) is 0 Å². The fraction of sp³-hybridized carbons (Fsp3) is 0.800. The van der Waals surface area contributed by atoms with E-state index in [9.17, 15) is 10.2 Å². The van der Waals surface area contributed by atoms with Crippen molar-refractivity contribution in [2.75, 3.05) is 0 Å². The van der Waals surface area contributed by atoms with Gasteiger partial charge < -0.3 is 10.2 Å². The first-order chi connectivity index (χ1) is 10.1. The Hall–Kier alpha value is -0.600. The fourth-order valence-electron chi connectivity index (χ4n) is 5.75. The van der Waals surface area contributed by atoms with Crippen molar-refractivity contribution in [2.24, 2.45) is 22.2 Å². The number of rotatable bonds is 1. The molecule has 3 aliphatic rings. The maximum Gasteiger partial charge on any atom is 0.0668 e. The number of aliphatic hydroxyl groups excluding tert-OH is 2. The van der Waals surface area contributed by atoms with Gasteiger partial charge in [-0.1, -0.05) is 44.9 Å². The molecule has 2 heteroatoms. The predicted molar refractivity (Wildman–Crippen MR) is 90.4 cm³/mol. The van der Waals surface area contributed by atoms with Gasteiger partial charge in [0, 0.05) is 5.41 Å². The van der Waals surface area contributed by atoms with Crippen LogP contribution >= 0.6 is 0 Å². The van der Waals surface area contributed by atoms with Gasteiger partial charge in [-0.3, -0.25) is 0 Å². The van der Waals surface area contributed by atoms with Crippen molar-refractivity contribution in [2.45, 2.75) is 78.4 Å². The van der Waals surface area contributed by atoms with Crippen LogP contribution in [0.3, 0.4) is 0 Å². The summed E-state index contributed by atoms with van der Waals surface area (Å²) in [5.74, 6) is 0.516. The monoisotopic (exact) mass is 304 g/mol. The molecule has 3 rings (SSSR count). The van der Waals surface area contributed by atoms with Crippen LogP contribution in [0, 0.1) is 22.2 Å². The third kappa shape index (κ3) is 2.06. The van der Waals surface area contributed by atoms with Crippen LogP contribution < -0.4 is 0 Å².